The van der Waals surface area contributed by atoms with Crippen molar-refractivity contribution in [1.82, 2.24) is 10.9 Å². The van der Waals surface area contributed by atoms with Crippen LogP contribution in [0.1, 0.15) is 23.2 Å². The first-order chi connectivity index (χ1) is 14.8. The lowest BCUT2D eigenvalue weighted by Gasteiger charge is -2.09. The molecule has 11 nitrogen and oxygen atoms in total. The summed E-state index contributed by atoms with van der Waals surface area (Å²) in [5.41, 5.74) is 4.36. The highest BCUT2D eigenvalue weighted by Crippen LogP contribution is 2.17. The summed E-state index contributed by atoms with van der Waals surface area (Å²) in [5.74, 6) is -2.83. The van der Waals surface area contributed by atoms with Gasteiger partial charge in [-0.1, -0.05) is 29.8 Å². The Kier molecular flexibility index (Phi) is 8.46. The summed E-state index contributed by atoms with van der Waals surface area (Å²) < 4.78 is 4.72. The predicted octanol–water partition coefficient (Wildman–Crippen LogP) is 1.97. The number of carbonyl (C=O) groups excluding carboxylic acids is 4. The summed E-state index contributed by atoms with van der Waals surface area (Å²) in [6, 6.07) is 11.5. The molecule has 2 aromatic carbocycles. The lowest BCUT2D eigenvalue weighted by Crippen LogP contribution is -2.43. The standard InChI is InChI=1S/C19H17ClN4O7/c20-15-7-2-1-6-14(15)19(28)23-22-17(26)11-31-18(27)9-8-16(25)21-12-4-3-5-13(10-12)24(29)30/h1-7,10H,8-9,11H2,(H,21,25)(H,22,26)(H,23,28). The molecule has 0 heterocycles. The third-order valence-corrected chi connectivity index (χ3v) is 4.02. The highest BCUT2D eigenvalue weighted by atomic mass is 35.5. The first kappa shape index (κ1) is 23.3. The molecule has 12 heteroatoms. The van der Waals surface area contributed by atoms with Gasteiger partial charge in [0.25, 0.3) is 17.5 Å². The van der Waals surface area contributed by atoms with Crippen molar-refractivity contribution in [2.24, 2.45) is 0 Å². The zero-order chi connectivity index (χ0) is 22.8. The number of ether oxygens (including phenoxy) is 1. The molecule has 0 saturated heterocycles. The Bertz CT molecular complexity index is 1010. The molecule has 0 spiro atoms. The van der Waals surface area contributed by atoms with Gasteiger partial charge in [-0.3, -0.25) is 40.1 Å². The fourth-order valence-corrected chi connectivity index (χ4v) is 2.45. The van der Waals surface area contributed by atoms with Crippen LogP contribution >= 0.6 is 11.6 Å². The Morgan fingerprint density at radius 3 is 2.42 bits per heavy atom. The second-order valence-electron chi connectivity index (χ2n) is 6.00. The maximum absolute atomic E-state index is 11.9. The molecule has 31 heavy (non-hydrogen) atoms. The SMILES string of the molecule is O=C(COC(=O)CCC(=O)Nc1cccc([N+](=O)[O-])c1)NNC(=O)c1ccccc1Cl. The number of nitro benzene ring substituents is 1. The molecule has 0 radical (unpaired) electrons. The van der Waals surface area contributed by atoms with Crippen LogP contribution in [0.15, 0.2) is 48.5 Å². The first-order valence-electron chi connectivity index (χ1n) is 8.80. The van der Waals surface area contributed by atoms with Gasteiger partial charge in [0.15, 0.2) is 6.61 Å². The van der Waals surface area contributed by atoms with E-state index < -0.39 is 35.2 Å². The van der Waals surface area contributed by atoms with E-state index in [9.17, 15) is 29.3 Å². The summed E-state index contributed by atoms with van der Waals surface area (Å²) in [7, 11) is 0. The molecular weight excluding hydrogens is 432 g/mol. The van der Waals surface area contributed by atoms with E-state index in [1.54, 1.807) is 12.1 Å². The number of amides is 3. The van der Waals surface area contributed by atoms with Crippen LogP contribution in [0.25, 0.3) is 0 Å². The van der Waals surface area contributed by atoms with Crippen molar-refractivity contribution in [1.29, 1.82) is 0 Å². The van der Waals surface area contributed by atoms with Crippen LogP contribution < -0.4 is 16.2 Å². The fraction of sp³-hybridized carbons (Fsp3) is 0.158. The number of esters is 1. The first-order valence-corrected chi connectivity index (χ1v) is 9.17. The Morgan fingerprint density at radius 2 is 1.71 bits per heavy atom. The molecule has 0 bridgehead atoms. The van der Waals surface area contributed by atoms with Gasteiger partial charge in [0.2, 0.25) is 5.91 Å². The third-order valence-electron chi connectivity index (χ3n) is 3.70. The lowest BCUT2D eigenvalue weighted by molar-refractivity contribution is -0.384. The molecule has 162 valence electrons. The van der Waals surface area contributed by atoms with Crippen LogP contribution in [0.5, 0.6) is 0 Å². The molecule has 0 aromatic heterocycles. The van der Waals surface area contributed by atoms with Crippen LogP contribution in [0.3, 0.4) is 0 Å². The minimum absolute atomic E-state index is 0.149. The number of non-ortho nitro benzene ring substituents is 1. The van der Waals surface area contributed by atoms with E-state index >= 15 is 0 Å². The van der Waals surface area contributed by atoms with Gasteiger partial charge in [-0.05, 0) is 18.2 Å². The van der Waals surface area contributed by atoms with Crippen LogP contribution in [-0.4, -0.2) is 35.2 Å². The maximum Gasteiger partial charge on any atom is 0.306 e. The molecule has 0 aliphatic heterocycles. The molecular formula is C19H17ClN4O7. The molecule has 0 fully saturated rings. The van der Waals surface area contributed by atoms with Crippen LogP contribution in [0.4, 0.5) is 11.4 Å². The number of nitrogens with zero attached hydrogens (tertiary/aromatic N) is 1. The number of halogens is 1. The number of anilines is 1. The topological polar surface area (TPSA) is 157 Å². The van der Waals surface area contributed by atoms with Crippen molar-refractivity contribution in [2.45, 2.75) is 12.8 Å². The van der Waals surface area contributed by atoms with Crippen molar-refractivity contribution >= 4 is 46.7 Å². The van der Waals surface area contributed by atoms with Gasteiger partial charge in [0, 0.05) is 24.2 Å². The van der Waals surface area contributed by atoms with E-state index in [-0.39, 0.29) is 34.8 Å². The van der Waals surface area contributed by atoms with E-state index in [1.807, 2.05) is 0 Å². The Labute approximate surface area is 180 Å². The molecule has 0 aliphatic rings. The van der Waals surface area contributed by atoms with Crippen molar-refractivity contribution in [3.63, 3.8) is 0 Å². The molecule has 3 amide bonds. The van der Waals surface area contributed by atoms with Gasteiger partial charge in [-0.15, -0.1) is 0 Å². The van der Waals surface area contributed by atoms with Crippen molar-refractivity contribution in [2.75, 3.05) is 11.9 Å². The van der Waals surface area contributed by atoms with Gasteiger partial charge >= 0.3 is 5.97 Å². The number of benzene rings is 2. The lowest BCUT2D eigenvalue weighted by atomic mass is 10.2. The largest absolute Gasteiger partial charge is 0.455 e. The average Bonchev–Trinajstić information content (AvgIpc) is 2.75. The molecule has 0 aliphatic carbocycles. The van der Waals surface area contributed by atoms with E-state index in [0.717, 1.165) is 0 Å². The van der Waals surface area contributed by atoms with Gasteiger partial charge in [-0.25, -0.2) is 0 Å². The minimum Gasteiger partial charge on any atom is -0.455 e. The number of hydrazine groups is 1. The van der Waals surface area contributed by atoms with Gasteiger partial charge in [0.1, 0.15) is 0 Å². The number of nitrogens with one attached hydrogen (secondary N) is 3. The second kappa shape index (κ2) is 11.3. The number of hydrogen-bond acceptors (Lipinski definition) is 7. The van der Waals surface area contributed by atoms with Crippen LogP contribution in [0, 0.1) is 10.1 Å². The van der Waals surface area contributed by atoms with Gasteiger partial charge in [0.05, 0.1) is 21.9 Å². The van der Waals surface area contributed by atoms with E-state index in [0.29, 0.717) is 0 Å². The highest BCUT2D eigenvalue weighted by molar-refractivity contribution is 6.33. The van der Waals surface area contributed by atoms with E-state index in [1.165, 1.54) is 36.4 Å². The van der Waals surface area contributed by atoms with Crippen molar-refractivity contribution in [3.8, 4) is 0 Å². The Balaban J connectivity index is 1.68. The zero-order valence-corrected chi connectivity index (χ0v) is 16.7. The predicted molar refractivity (Wildman–Crippen MR) is 109 cm³/mol. The molecule has 2 rings (SSSR count). The summed E-state index contributed by atoms with van der Waals surface area (Å²) in [5, 5.41) is 13.3. The minimum atomic E-state index is -0.818. The maximum atomic E-state index is 11.9. The summed E-state index contributed by atoms with van der Waals surface area (Å²) in [6.07, 6.45) is -0.577. The average molecular weight is 449 g/mol. The zero-order valence-electron chi connectivity index (χ0n) is 15.9. The quantitative estimate of drug-likeness (QED) is 0.316. The van der Waals surface area contributed by atoms with Crippen molar-refractivity contribution < 1.29 is 28.8 Å². The van der Waals surface area contributed by atoms with Gasteiger partial charge in [-0.2, -0.15) is 0 Å². The number of carbonyl (C=O) groups is 4. The van der Waals surface area contributed by atoms with Crippen LogP contribution in [-0.2, 0) is 19.1 Å². The Morgan fingerprint density at radius 1 is 0.968 bits per heavy atom. The normalized spacial score (nSPS) is 9.97. The third kappa shape index (κ3) is 7.74. The fourth-order valence-electron chi connectivity index (χ4n) is 2.23. The molecule has 3 N–H and O–H groups in total. The molecule has 0 saturated carbocycles. The number of rotatable bonds is 8. The summed E-state index contributed by atoms with van der Waals surface area (Å²) in [4.78, 5) is 57.2. The summed E-state index contributed by atoms with van der Waals surface area (Å²) >= 11 is 5.86. The monoisotopic (exact) mass is 448 g/mol. The smallest absolute Gasteiger partial charge is 0.306 e. The van der Waals surface area contributed by atoms with E-state index in [4.69, 9.17) is 16.3 Å². The van der Waals surface area contributed by atoms with E-state index in [2.05, 4.69) is 16.2 Å². The highest BCUT2D eigenvalue weighted by Gasteiger charge is 2.14. The number of nitro groups is 1. The Hall–Kier alpha value is -3.99. The molecule has 0 atom stereocenters. The van der Waals surface area contributed by atoms with Crippen LogP contribution in [0.2, 0.25) is 5.02 Å². The molecule has 0 unspecified atom stereocenters. The van der Waals surface area contributed by atoms with Crippen molar-refractivity contribution in [3.05, 3.63) is 69.2 Å². The molecule has 2 aromatic rings. The summed E-state index contributed by atoms with van der Waals surface area (Å²) in [6.45, 7) is -0.672. The van der Waals surface area contributed by atoms with Gasteiger partial charge < -0.3 is 10.1 Å². The second-order valence-corrected chi connectivity index (χ2v) is 6.41. The number of hydrogen-bond donors (Lipinski definition) is 3.